The van der Waals surface area contributed by atoms with Crippen molar-refractivity contribution in [3.05, 3.63) is 90.5 Å². The predicted molar refractivity (Wildman–Crippen MR) is 116 cm³/mol. The van der Waals surface area contributed by atoms with Crippen LogP contribution in [0.3, 0.4) is 0 Å². The van der Waals surface area contributed by atoms with E-state index in [0.717, 1.165) is 11.3 Å². The van der Waals surface area contributed by atoms with Crippen LogP contribution in [0.15, 0.2) is 84.9 Å². The van der Waals surface area contributed by atoms with Gasteiger partial charge >= 0.3 is 6.03 Å². The molecule has 3 N–H and O–H groups in total. The number of rotatable bonds is 6. The molecule has 0 aromatic heterocycles. The monoisotopic (exact) mass is 387 g/mol. The third kappa shape index (κ3) is 6.25. The lowest BCUT2D eigenvalue weighted by atomic mass is 10.2. The summed E-state index contributed by atoms with van der Waals surface area (Å²) in [5, 5.41) is 8.26. The lowest BCUT2D eigenvalue weighted by Crippen LogP contribution is -2.19. The van der Waals surface area contributed by atoms with Crippen molar-refractivity contribution in [2.24, 2.45) is 0 Å². The topological polar surface area (TPSA) is 79.5 Å². The lowest BCUT2D eigenvalue weighted by Gasteiger charge is -2.08. The predicted octanol–water partition coefficient (Wildman–Crippen LogP) is 4.99. The number of urea groups is 1. The van der Waals surface area contributed by atoms with E-state index >= 15 is 0 Å². The summed E-state index contributed by atoms with van der Waals surface area (Å²) in [7, 11) is 1.61. The van der Waals surface area contributed by atoms with Gasteiger partial charge in [-0.2, -0.15) is 0 Å². The van der Waals surface area contributed by atoms with Crippen molar-refractivity contribution in [2.45, 2.75) is 0 Å². The number of anilines is 3. The van der Waals surface area contributed by atoms with Gasteiger partial charge in [0.1, 0.15) is 5.75 Å². The molecule has 6 heteroatoms. The third-order valence-electron chi connectivity index (χ3n) is 3.98. The fraction of sp³-hybridized carbons (Fsp3) is 0.0435. The normalized spacial score (nSPS) is 10.4. The number of para-hydroxylation sites is 1. The van der Waals surface area contributed by atoms with E-state index in [1.54, 1.807) is 49.6 Å². The summed E-state index contributed by atoms with van der Waals surface area (Å²) in [5.74, 6) is 0.515. The highest BCUT2D eigenvalue weighted by atomic mass is 16.5. The Labute approximate surface area is 169 Å². The Bertz CT molecular complexity index is 982. The summed E-state index contributed by atoms with van der Waals surface area (Å²) < 4.78 is 5.10. The number of carbonyl (C=O) groups is 2. The molecule has 146 valence electrons. The van der Waals surface area contributed by atoms with E-state index in [2.05, 4.69) is 16.0 Å². The number of hydrogen-bond donors (Lipinski definition) is 3. The van der Waals surface area contributed by atoms with Crippen LogP contribution in [0, 0.1) is 0 Å². The maximum absolute atomic E-state index is 12.1. The number of ether oxygens (including phenoxy) is 1. The van der Waals surface area contributed by atoms with Crippen LogP contribution >= 0.6 is 0 Å². The van der Waals surface area contributed by atoms with E-state index in [4.69, 9.17) is 4.74 Å². The molecule has 0 saturated heterocycles. The molecule has 0 aliphatic rings. The van der Waals surface area contributed by atoms with Crippen LogP contribution in [0.4, 0.5) is 21.9 Å². The molecule has 0 bridgehead atoms. The maximum Gasteiger partial charge on any atom is 0.323 e. The zero-order chi connectivity index (χ0) is 20.5. The number of methoxy groups -OCH3 is 1. The summed E-state index contributed by atoms with van der Waals surface area (Å²) in [6.45, 7) is 0. The average Bonchev–Trinajstić information content (AvgIpc) is 2.75. The average molecular weight is 387 g/mol. The molecule has 0 radical (unpaired) electrons. The molecular formula is C23H21N3O3. The Kier molecular flexibility index (Phi) is 6.62. The van der Waals surface area contributed by atoms with Gasteiger partial charge in [0, 0.05) is 23.1 Å². The fourth-order valence-corrected chi connectivity index (χ4v) is 2.52. The van der Waals surface area contributed by atoms with Crippen molar-refractivity contribution in [1.29, 1.82) is 0 Å². The van der Waals surface area contributed by atoms with Crippen molar-refractivity contribution in [2.75, 3.05) is 23.1 Å². The number of hydrogen-bond acceptors (Lipinski definition) is 3. The highest BCUT2D eigenvalue weighted by Crippen LogP contribution is 2.15. The molecule has 0 aliphatic carbocycles. The summed E-state index contributed by atoms with van der Waals surface area (Å²) >= 11 is 0. The SMILES string of the molecule is COc1ccc(/C=C\C(=O)Nc2ccc(NC(=O)Nc3ccccc3)cc2)cc1. The minimum absolute atomic E-state index is 0.247. The third-order valence-corrected chi connectivity index (χ3v) is 3.98. The Morgan fingerprint density at radius 1 is 0.724 bits per heavy atom. The largest absolute Gasteiger partial charge is 0.497 e. The molecule has 3 aromatic rings. The Morgan fingerprint density at radius 3 is 1.86 bits per heavy atom. The fourth-order valence-electron chi connectivity index (χ4n) is 2.52. The van der Waals surface area contributed by atoms with E-state index in [1.807, 2.05) is 42.5 Å². The first-order chi connectivity index (χ1) is 14.1. The van der Waals surface area contributed by atoms with Crippen LogP contribution in [-0.2, 0) is 4.79 Å². The van der Waals surface area contributed by atoms with Gasteiger partial charge in [0.25, 0.3) is 0 Å². The van der Waals surface area contributed by atoms with Gasteiger partial charge in [0.05, 0.1) is 7.11 Å². The van der Waals surface area contributed by atoms with Crippen molar-refractivity contribution < 1.29 is 14.3 Å². The van der Waals surface area contributed by atoms with Gasteiger partial charge in [-0.15, -0.1) is 0 Å². The molecule has 0 fully saturated rings. The second-order valence-electron chi connectivity index (χ2n) is 6.12. The van der Waals surface area contributed by atoms with Crippen molar-refractivity contribution in [3.63, 3.8) is 0 Å². The van der Waals surface area contributed by atoms with E-state index in [1.165, 1.54) is 6.08 Å². The Morgan fingerprint density at radius 2 is 1.28 bits per heavy atom. The van der Waals surface area contributed by atoms with Gasteiger partial charge in [-0.3, -0.25) is 4.79 Å². The van der Waals surface area contributed by atoms with Gasteiger partial charge in [0.15, 0.2) is 0 Å². The zero-order valence-electron chi connectivity index (χ0n) is 15.9. The molecule has 0 unspecified atom stereocenters. The molecule has 3 aromatic carbocycles. The highest BCUT2D eigenvalue weighted by molar-refractivity contribution is 6.02. The van der Waals surface area contributed by atoms with Gasteiger partial charge in [-0.1, -0.05) is 30.3 Å². The number of amides is 3. The number of carbonyl (C=O) groups excluding carboxylic acids is 2. The van der Waals surface area contributed by atoms with Crippen molar-refractivity contribution in [1.82, 2.24) is 0 Å². The standard InChI is InChI=1S/C23H21N3O3/c1-29-21-14-7-17(8-15-21)9-16-22(27)24-19-10-12-20(13-11-19)26-23(28)25-18-5-3-2-4-6-18/h2-16H,1H3,(H,24,27)(H2,25,26,28)/b16-9-. The smallest absolute Gasteiger partial charge is 0.323 e. The highest BCUT2D eigenvalue weighted by Gasteiger charge is 2.03. The quantitative estimate of drug-likeness (QED) is 0.521. The molecule has 3 rings (SSSR count). The Hall–Kier alpha value is -4.06. The van der Waals surface area contributed by atoms with E-state index in [9.17, 15) is 9.59 Å². The molecule has 29 heavy (non-hydrogen) atoms. The second kappa shape index (κ2) is 9.75. The van der Waals surface area contributed by atoms with Crippen molar-refractivity contribution >= 4 is 35.1 Å². The first-order valence-corrected chi connectivity index (χ1v) is 8.98. The number of nitrogens with one attached hydrogen (secondary N) is 3. The van der Waals surface area contributed by atoms with E-state index in [0.29, 0.717) is 17.1 Å². The molecule has 0 spiro atoms. The first-order valence-electron chi connectivity index (χ1n) is 8.98. The molecule has 0 aliphatic heterocycles. The minimum Gasteiger partial charge on any atom is -0.497 e. The summed E-state index contributed by atoms with van der Waals surface area (Å²) in [6.07, 6.45) is 3.18. The number of benzene rings is 3. The van der Waals surface area contributed by atoms with Crippen LogP contribution < -0.4 is 20.7 Å². The van der Waals surface area contributed by atoms with Gasteiger partial charge < -0.3 is 20.7 Å². The molecule has 0 heterocycles. The van der Waals surface area contributed by atoms with Crippen molar-refractivity contribution in [3.8, 4) is 5.75 Å². The first kappa shape index (κ1) is 19.7. The zero-order valence-corrected chi connectivity index (χ0v) is 15.9. The molecule has 0 atom stereocenters. The summed E-state index contributed by atoms with van der Waals surface area (Å²) in [6, 6.07) is 23.1. The van der Waals surface area contributed by atoms with E-state index in [-0.39, 0.29) is 11.9 Å². The molecule has 6 nitrogen and oxygen atoms in total. The molecule has 3 amide bonds. The van der Waals surface area contributed by atoms with Crippen LogP contribution in [0.25, 0.3) is 6.08 Å². The van der Waals surface area contributed by atoms with Crippen LogP contribution in [0.5, 0.6) is 5.75 Å². The van der Waals surface area contributed by atoms with E-state index < -0.39 is 0 Å². The summed E-state index contributed by atoms with van der Waals surface area (Å²) in [4.78, 5) is 24.1. The van der Waals surface area contributed by atoms with Gasteiger partial charge in [-0.05, 0) is 60.2 Å². The summed E-state index contributed by atoms with van der Waals surface area (Å²) in [5.41, 5.74) is 2.84. The van der Waals surface area contributed by atoms with Crippen LogP contribution in [-0.4, -0.2) is 19.0 Å². The second-order valence-corrected chi connectivity index (χ2v) is 6.12. The van der Waals surface area contributed by atoms with Crippen LogP contribution in [0.1, 0.15) is 5.56 Å². The van der Waals surface area contributed by atoms with Gasteiger partial charge in [0.2, 0.25) is 5.91 Å². The molecular weight excluding hydrogens is 366 g/mol. The minimum atomic E-state index is -0.338. The maximum atomic E-state index is 12.1. The molecule has 0 saturated carbocycles. The van der Waals surface area contributed by atoms with Gasteiger partial charge in [-0.25, -0.2) is 4.79 Å². The van der Waals surface area contributed by atoms with Crippen LogP contribution in [0.2, 0.25) is 0 Å². The Balaban J connectivity index is 1.50. The lowest BCUT2D eigenvalue weighted by molar-refractivity contribution is -0.111.